The third kappa shape index (κ3) is 3.91. The predicted octanol–water partition coefficient (Wildman–Crippen LogP) is 3.64. The average molecular weight is 396 g/mol. The summed E-state index contributed by atoms with van der Waals surface area (Å²) in [6, 6.07) is 17.9. The van der Waals surface area contributed by atoms with Gasteiger partial charge in [-0.05, 0) is 36.8 Å². The van der Waals surface area contributed by atoms with E-state index in [1.54, 1.807) is 12.1 Å². The highest BCUT2D eigenvalue weighted by Gasteiger charge is 2.19. The van der Waals surface area contributed by atoms with Crippen LogP contribution in [0.15, 0.2) is 63.9 Å². The van der Waals surface area contributed by atoms with Crippen molar-refractivity contribution in [3.05, 3.63) is 65.9 Å². The Morgan fingerprint density at radius 1 is 1.11 bits per heavy atom. The van der Waals surface area contributed by atoms with E-state index >= 15 is 0 Å². The molecule has 2 aromatic carbocycles. The van der Waals surface area contributed by atoms with Crippen molar-refractivity contribution in [2.75, 3.05) is 19.4 Å². The van der Waals surface area contributed by atoms with Gasteiger partial charge < -0.3 is 9.73 Å². The molecule has 0 fully saturated rings. The fraction of sp³-hybridized carbons (Fsp3) is 0.200. The zero-order valence-corrected chi connectivity index (χ0v) is 16.6. The molecule has 0 unspecified atom stereocenters. The number of hydrogen-bond donors (Lipinski definition) is 1. The molecule has 28 heavy (non-hydrogen) atoms. The van der Waals surface area contributed by atoms with Gasteiger partial charge in [-0.2, -0.15) is 10.2 Å². The maximum Gasteiger partial charge on any atom is 0.242 e. The summed E-state index contributed by atoms with van der Waals surface area (Å²) in [4.78, 5) is 4.39. The second kappa shape index (κ2) is 7.84. The van der Waals surface area contributed by atoms with Gasteiger partial charge in [0, 0.05) is 19.7 Å². The van der Waals surface area contributed by atoms with Crippen LogP contribution in [-0.4, -0.2) is 31.8 Å². The van der Waals surface area contributed by atoms with E-state index < -0.39 is 10.0 Å². The number of benzene rings is 2. The molecule has 0 spiro atoms. The fourth-order valence-electron chi connectivity index (χ4n) is 2.62. The summed E-state index contributed by atoms with van der Waals surface area (Å²) in [6.45, 7) is 1.96. The predicted molar refractivity (Wildman–Crippen MR) is 106 cm³/mol. The molecule has 1 atom stereocenters. The number of nitrogens with zero attached hydrogens (tertiary/aromatic N) is 3. The number of oxazole rings is 1. The van der Waals surface area contributed by atoms with Crippen LogP contribution < -0.4 is 5.32 Å². The van der Waals surface area contributed by atoms with Gasteiger partial charge in [-0.25, -0.2) is 12.7 Å². The molecule has 3 rings (SSSR count). The summed E-state index contributed by atoms with van der Waals surface area (Å²) in [7, 11) is -0.563. The fourth-order valence-corrected chi connectivity index (χ4v) is 3.52. The minimum absolute atomic E-state index is 0.0817. The van der Waals surface area contributed by atoms with E-state index in [4.69, 9.17) is 4.42 Å². The lowest BCUT2D eigenvalue weighted by molar-refractivity contribution is 0.520. The Morgan fingerprint density at radius 2 is 1.75 bits per heavy atom. The van der Waals surface area contributed by atoms with Gasteiger partial charge in [0.1, 0.15) is 6.07 Å². The third-order valence-corrected chi connectivity index (χ3v) is 6.09. The normalized spacial score (nSPS) is 12.5. The van der Waals surface area contributed by atoms with Gasteiger partial charge in [-0.3, -0.25) is 0 Å². The molecule has 8 heteroatoms. The highest BCUT2D eigenvalue weighted by molar-refractivity contribution is 7.89. The number of rotatable bonds is 6. The number of sulfonamides is 1. The molecule has 1 aromatic heterocycles. The summed E-state index contributed by atoms with van der Waals surface area (Å²) in [5.41, 5.74) is 1.76. The zero-order valence-electron chi connectivity index (χ0n) is 15.7. The Balaban J connectivity index is 1.87. The SMILES string of the molecule is C[C@H](Nc1oc(-c2ccc(S(=O)(=O)N(C)C)cc2)nc1C#N)c1ccccc1. The van der Waals surface area contributed by atoms with Gasteiger partial charge in [0.05, 0.1) is 10.9 Å². The van der Waals surface area contributed by atoms with E-state index in [-0.39, 0.29) is 28.4 Å². The first kappa shape index (κ1) is 19.6. The second-order valence-electron chi connectivity index (χ2n) is 6.40. The van der Waals surface area contributed by atoms with Crippen LogP contribution in [0.5, 0.6) is 0 Å². The quantitative estimate of drug-likeness (QED) is 0.683. The topological polar surface area (TPSA) is 99.2 Å². The van der Waals surface area contributed by atoms with Crippen LogP contribution in [0.4, 0.5) is 5.88 Å². The maximum absolute atomic E-state index is 12.2. The smallest absolute Gasteiger partial charge is 0.242 e. The van der Waals surface area contributed by atoms with Gasteiger partial charge in [0.2, 0.25) is 27.5 Å². The highest BCUT2D eigenvalue weighted by Crippen LogP contribution is 2.29. The van der Waals surface area contributed by atoms with Crippen LogP contribution in [0.25, 0.3) is 11.5 Å². The van der Waals surface area contributed by atoms with E-state index in [1.165, 1.54) is 26.2 Å². The Morgan fingerprint density at radius 3 is 2.32 bits per heavy atom. The Bertz CT molecular complexity index is 1100. The number of nitrogens with one attached hydrogen (secondary N) is 1. The van der Waals surface area contributed by atoms with Crippen molar-refractivity contribution in [3.8, 4) is 17.5 Å². The van der Waals surface area contributed by atoms with Crippen LogP contribution in [-0.2, 0) is 10.0 Å². The molecule has 0 aliphatic heterocycles. The standard InChI is InChI=1S/C20H20N4O3S/c1-14(15-7-5-4-6-8-15)22-20-18(13-21)23-19(27-20)16-9-11-17(12-10-16)28(25,26)24(2)3/h4-12,14,22H,1-3H3/t14-/m0/s1. The molecular weight excluding hydrogens is 376 g/mol. The third-order valence-electron chi connectivity index (χ3n) is 4.26. The van der Waals surface area contributed by atoms with Gasteiger partial charge in [-0.15, -0.1) is 0 Å². The van der Waals surface area contributed by atoms with E-state index in [9.17, 15) is 13.7 Å². The van der Waals surface area contributed by atoms with Crippen molar-refractivity contribution in [1.82, 2.24) is 9.29 Å². The second-order valence-corrected chi connectivity index (χ2v) is 8.55. The first-order chi connectivity index (χ1) is 13.3. The number of nitriles is 1. The zero-order chi connectivity index (χ0) is 20.3. The molecule has 0 saturated carbocycles. The molecule has 0 amide bonds. The van der Waals surface area contributed by atoms with Crippen LogP contribution >= 0.6 is 0 Å². The molecule has 144 valence electrons. The molecular formula is C20H20N4O3S. The molecule has 1 heterocycles. The summed E-state index contributed by atoms with van der Waals surface area (Å²) in [6.07, 6.45) is 0. The minimum Gasteiger partial charge on any atom is -0.419 e. The van der Waals surface area contributed by atoms with Gasteiger partial charge >= 0.3 is 0 Å². The monoisotopic (exact) mass is 396 g/mol. The molecule has 0 radical (unpaired) electrons. The van der Waals surface area contributed by atoms with Gasteiger partial charge in [0.25, 0.3) is 0 Å². The van der Waals surface area contributed by atoms with Crippen LogP contribution in [0.3, 0.4) is 0 Å². The van der Waals surface area contributed by atoms with Crippen LogP contribution in [0, 0.1) is 11.3 Å². The van der Waals surface area contributed by atoms with E-state index in [2.05, 4.69) is 10.3 Å². The van der Waals surface area contributed by atoms with Crippen molar-refractivity contribution in [2.24, 2.45) is 0 Å². The van der Waals surface area contributed by atoms with Crippen molar-refractivity contribution in [3.63, 3.8) is 0 Å². The lowest BCUT2D eigenvalue weighted by Crippen LogP contribution is -2.22. The Labute approximate surface area is 164 Å². The first-order valence-electron chi connectivity index (χ1n) is 8.58. The molecule has 0 aliphatic carbocycles. The number of aromatic nitrogens is 1. The number of anilines is 1. The summed E-state index contributed by atoms with van der Waals surface area (Å²) in [5.74, 6) is 0.520. The van der Waals surface area contributed by atoms with Crippen LogP contribution in [0.1, 0.15) is 24.2 Å². The number of hydrogen-bond acceptors (Lipinski definition) is 6. The van der Waals surface area contributed by atoms with Crippen molar-refractivity contribution in [1.29, 1.82) is 5.26 Å². The average Bonchev–Trinajstić information content (AvgIpc) is 3.11. The lowest BCUT2D eigenvalue weighted by Gasteiger charge is -2.13. The molecule has 0 saturated heterocycles. The molecule has 7 nitrogen and oxygen atoms in total. The largest absolute Gasteiger partial charge is 0.419 e. The molecule has 3 aromatic rings. The highest BCUT2D eigenvalue weighted by atomic mass is 32.2. The van der Waals surface area contributed by atoms with Crippen molar-refractivity contribution >= 4 is 15.9 Å². The maximum atomic E-state index is 12.2. The molecule has 0 aliphatic rings. The first-order valence-corrected chi connectivity index (χ1v) is 10.0. The minimum atomic E-state index is -3.51. The van der Waals surface area contributed by atoms with Gasteiger partial charge in [0.15, 0.2) is 0 Å². The summed E-state index contributed by atoms with van der Waals surface area (Å²) < 4.78 is 31.2. The van der Waals surface area contributed by atoms with E-state index in [0.717, 1.165) is 9.87 Å². The van der Waals surface area contributed by atoms with Gasteiger partial charge in [-0.1, -0.05) is 30.3 Å². The Kier molecular flexibility index (Phi) is 5.49. The lowest BCUT2D eigenvalue weighted by atomic mass is 10.1. The van der Waals surface area contributed by atoms with E-state index in [1.807, 2.05) is 43.3 Å². The Hall–Kier alpha value is -3.15. The van der Waals surface area contributed by atoms with Crippen molar-refractivity contribution < 1.29 is 12.8 Å². The van der Waals surface area contributed by atoms with Crippen LogP contribution in [0.2, 0.25) is 0 Å². The molecule has 0 bridgehead atoms. The molecule has 1 N–H and O–H groups in total. The summed E-state index contributed by atoms with van der Waals surface area (Å²) in [5, 5.41) is 12.5. The summed E-state index contributed by atoms with van der Waals surface area (Å²) >= 11 is 0. The van der Waals surface area contributed by atoms with E-state index in [0.29, 0.717) is 5.56 Å². The van der Waals surface area contributed by atoms with Crippen molar-refractivity contribution in [2.45, 2.75) is 17.9 Å².